The fourth-order valence-corrected chi connectivity index (χ4v) is 3.03. The molecule has 0 bridgehead atoms. The molecule has 1 aliphatic heterocycles. The van der Waals surface area contributed by atoms with Crippen molar-refractivity contribution < 1.29 is 24.2 Å². The second-order valence-corrected chi connectivity index (χ2v) is 6.67. The number of carbonyl (C=O) groups is 2. The Hall–Kier alpha value is -3.22. The number of urea groups is 1. The Balaban J connectivity index is 1.49. The number of hydrogen-bond donors (Lipinski definition) is 3. The van der Waals surface area contributed by atoms with Gasteiger partial charge < -0.3 is 25.2 Å². The number of carbonyl (C=O) groups excluding carboxylic acids is 1. The number of rotatable bonds is 8. The zero-order chi connectivity index (χ0) is 19.8. The van der Waals surface area contributed by atoms with Crippen LogP contribution >= 0.6 is 0 Å². The fraction of sp³-hybridized carbons (Fsp3) is 0.333. The van der Waals surface area contributed by atoms with Crippen molar-refractivity contribution in [2.75, 3.05) is 13.2 Å². The molecule has 1 heterocycles. The molecule has 148 valence electrons. The third-order valence-electron chi connectivity index (χ3n) is 4.42. The molecule has 2 aromatic carbocycles. The van der Waals surface area contributed by atoms with Crippen LogP contribution in [0.4, 0.5) is 4.79 Å². The number of amides is 2. The van der Waals surface area contributed by atoms with Crippen LogP contribution in [0.25, 0.3) is 0 Å². The molecule has 0 aliphatic carbocycles. The van der Waals surface area contributed by atoms with Gasteiger partial charge in [-0.05, 0) is 30.5 Å². The number of ether oxygens (including phenoxy) is 2. The minimum atomic E-state index is -0.883. The molecular formula is C21H24N2O5. The normalized spacial score (nSPS) is 16.1. The van der Waals surface area contributed by atoms with Crippen LogP contribution in [0.1, 0.15) is 18.4 Å². The molecule has 2 aromatic rings. The lowest BCUT2D eigenvalue weighted by Crippen LogP contribution is -2.48. The van der Waals surface area contributed by atoms with Gasteiger partial charge in [0.1, 0.15) is 6.61 Å². The Morgan fingerprint density at radius 1 is 1.07 bits per heavy atom. The third-order valence-corrected chi connectivity index (χ3v) is 4.42. The molecule has 0 fully saturated rings. The molecule has 3 rings (SSSR count). The van der Waals surface area contributed by atoms with E-state index in [4.69, 9.17) is 14.6 Å². The highest BCUT2D eigenvalue weighted by Crippen LogP contribution is 2.30. The standard InChI is InChI=1S/C21H24N2O5/c24-20(25)11-10-16(12-15-6-2-1-3-7-15)23-21(26)22-13-17-14-27-18-8-4-5-9-19(18)28-17/h1-9,16-17H,10-14H2,(H,24,25)(H2,22,23,26). The average molecular weight is 384 g/mol. The molecule has 0 saturated carbocycles. The van der Waals surface area contributed by atoms with E-state index < -0.39 is 5.97 Å². The maximum Gasteiger partial charge on any atom is 0.315 e. The molecular weight excluding hydrogens is 360 g/mol. The summed E-state index contributed by atoms with van der Waals surface area (Å²) in [5, 5.41) is 14.6. The average Bonchev–Trinajstić information content (AvgIpc) is 2.71. The molecule has 0 radical (unpaired) electrons. The van der Waals surface area contributed by atoms with Gasteiger partial charge >= 0.3 is 12.0 Å². The Bertz CT molecular complexity index is 796. The van der Waals surface area contributed by atoms with Crippen molar-refractivity contribution in [1.29, 1.82) is 0 Å². The Kier molecular flexibility index (Phi) is 6.73. The summed E-state index contributed by atoms with van der Waals surface area (Å²) in [5.41, 5.74) is 1.04. The second-order valence-electron chi connectivity index (χ2n) is 6.67. The van der Waals surface area contributed by atoms with Crippen LogP contribution in [0.2, 0.25) is 0 Å². The smallest absolute Gasteiger partial charge is 0.315 e. The number of hydrogen-bond acceptors (Lipinski definition) is 4. The van der Waals surface area contributed by atoms with Crippen LogP contribution in [-0.2, 0) is 11.2 Å². The van der Waals surface area contributed by atoms with Crippen molar-refractivity contribution in [3.05, 3.63) is 60.2 Å². The van der Waals surface area contributed by atoms with Gasteiger partial charge in [0, 0.05) is 12.5 Å². The molecule has 0 aromatic heterocycles. The topological polar surface area (TPSA) is 96.9 Å². The summed E-state index contributed by atoms with van der Waals surface area (Å²) < 4.78 is 11.4. The summed E-state index contributed by atoms with van der Waals surface area (Å²) in [4.78, 5) is 23.2. The maximum atomic E-state index is 12.3. The van der Waals surface area contributed by atoms with Crippen molar-refractivity contribution in [3.63, 3.8) is 0 Å². The molecule has 0 saturated heterocycles. The van der Waals surface area contributed by atoms with Crippen LogP contribution in [-0.4, -0.2) is 42.4 Å². The van der Waals surface area contributed by atoms with Gasteiger partial charge in [-0.3, -0.25) is 4.79 Å². The van der Waals surface area contributed by atoms with Crippen LogP contribution < -0.4 is 20.1 Å². The largest absolute Gasteiger partial charge is 0.486 e. The van der Waals surface area contributed by atoms with E-state index in [2.05, 4.69) is 10.6 Å². The Labute approximate surface area is 163 Å². The molecule has 7 heteroatoms. The predicted molar refractivity (Wildman–Crippen MR) is 104 cm³/mol. The van der Waals surface area contributed by atoms with E-state index >= 15 is 0 Å². The van der Waals surface area contributed by atoms with Crippen LogP contribution in [0.5, 0.6) is 11.5 Å². The number of aliphatic carboxylic acids is 1. The SMILES string of the molecule is O=C(O)CCC(Cc1ccccc1)NC(=O)NCC1COc2ccccc2O1. The van der Waals surface area contributed by atoms with Gasteiger partial charge in [0.05, 0.1) is 6.54 Å². The van der Waals surface area contributed by atoms with Crippen LogP contribution in [0.3, 0.4) is 0 Å². The number of para-hydroxylation sites is 2. The molecule has 28 heavy (non-hydrogen) atoms. The van der Waals surface area contributed by atoms with Crippen molar-refractivity contribution in [2.24, 2.45) is 0 Å². The summed E-state index contributed by atoms with van der Waals surface area (Å²) in [6.45, 7) is 0.640. The molecule has 2 amide bonds. The van der Waals surface area contributed by atoms with Crippen molar-refractivity contribution in [2.45, 2.75) is 31.4 Å². The number of carboxylic acids is 1. The van der Waals surface area contributed by atoms with Gasteiger partial charge in [-0.15, -0.1) is 0 Å². The third kappa shape index (κ3) is 5.90. The Morgan fingerprint density at radius 2 is 1.79 bits per heavy atom. The fourth-order valence-electron chi connectivity index (χ4n) is 3.03. The quantitative estimate of drug-likeness (QED) is 0.650. The molecule has 7 nitrogen and oxygen atoms in total. The second kappa shape index (κ2) is 9.64. The van der Waals surface area contributed by atoms with E-state index in [1.54, 1.807) is 0 Å². The van der Waals surface area contributed by atoms with Gasteiger partial charge in [0.15, 0.2) is 17.6 Å². The first-order valence-electron chi connectivity index (χ1n) is 9.28. The molecule has 2 atom stereocenters. The molecule has 1 aliphatic rings. The highest BCUT2D eigenvalue weighted by Gasteiger charge is 2.22. The number of fused-ring (bicyclic) bond motifs is 1. The first-order valence-corrected chi connectivity index (χ1v) is 9.28. The first-order chi connectivity index (χ1) is 13.6. The maximum absolute atomic E-state index is 12.3. The lowest BCUT2D eigenvalue weighted by atomic mass is 10.0. The predicted octanol–water partition coefficient (Wildman–Crippen LogP) is 2.60. The van der Waals surface area contributed by atoms with E-state index in [0.717, 1.165) is 5.56 Å². The van der Waals surface area contributed by atoms with Gasteiger partial charge in [-0.2, -0.15) is 0 Å². The summed E-state index contributed by atoms with van der Waals surface area (Å²) in [6.07, 6.45) is 0.632. The van der Waals surface area contributed by atoms with Crippen LogP contribution in [0, 0.1) is 0 Å². The van der Waals surface area contributed by atoms with E-state index in [-0.39, 0.29) is 31.1 Å². The van der Waals surface area contributed by atoms with Crippen molar-refractivity contribution in [3.8, 4) is 11.5 Å². The van der Waals surface area contributed by atoms with E-state index in [1.807, 2.05) is 54.6 Å². The van der Waals surface area contributed by atoms with Gasteiger partial charge in [0.2, 0.25) is 0 Å². The zero-order valence-corrected chi connectivity index (χ0v) is 15.5. The van der Waals surface area contributed by atoms with Crippen LogP contribution in [0.15, 0.2) is 54.6 Å². The number of nitrogens with one attached hydrogen (secondary N) is 2. The monoisotopic (exact) mass is 384 g/mol. The van der Waals surface area contributed by atoms with Gasteiger partial charge in [0.25, 0.3) is 0 Å². The number of carboxylic acid groups (broad SMARTS) is 1. The number of benzene rings is 2. The summed E-state index contributed by atoms with van der Waals surface area (Å²) in [6, 6.07) is 16.4. The molecule has 0 spiro atoms. The summed E-state index contributed by atoms with van der Waals surface area (Å²) in [7, 11) is 0. The lowest BCUT2D eigenvalue weighted by Gasteiger charge is -2.27. The van der Waals surface area contributed by atoms with Crippen molar-refractivity contribution >= 4 is 12.0 Å². The molecule has 3 N–H and O–H groups in total. The van der Waals surface area contributed by atoms with Gasteiger partial charge in [-0.25, -0.2) is 4.79 Å². The highest BCUT2D eigenvalue weighted by atomic mass is 16.6. The summed E-state index contributed by atoms with van der Waals surface area (Å²) >= 11 is 0. The zero-order valence-electron chi connectivity index (χ0n) is 15.5. The van der Waals surface area contributed by atoms with Gasteiger partial charge in [-0.1, -0.05) is 42.5 Å². The minimum absolute atomic E-state index is 0.00581. The summed E-state index contributed by atoms with van der Waals surface area (Å²) in [5.74, 6) is 0.468. The van der Waals surface area contributed by atoms with Crippen molar-refractivity contribution in [1.82, 2.24) is 10.6 Å². The van der Waals surface area contributed by atoms with E-state index in [9.17, 15) is 9.59 Å². The highest BCUT2D eigenvalue weighted by molar-refractivity contribution is 5.74. The van der Waals surface area contributed by atoms with E-state index in [0.29, 0.717) is 30.9 Å². The molecule has 2 unspecified atom stereocenters. The first kappa shape index (κ1) is 19.5. The Morgan fingerprint density at radius 3 is 2.54 bits per heavy atom. The van der Waals surface area contributed by atoms with E-state index in [1.165, 1.54) is 0 Å². The minimum Gasteiger partial charge on any atom is -0.486 e. The lowest BCUT2D eigenvalue weighted by molar-refractivity contribution is -0.137.